The van der Waals surface area contributed by atoms with E-state index in [1.807, 2.05) is 0 Å². The Kier molecular flexibility index (Phi) is 5.09. The minimum absolute atomic E-state index is 0.0835. The van der Waals surface area contributed by atoms with Crippen molar-refractivity contribution in [2.75, 3.05) is 25.0 Å². The summed E-state index contributed by atoms with van der Waals surface area (Å²) in [6.07, 6.45) is 1.28. The van der Waals surface area contributed by atoms with Gasteiger partial charge in [-0.2, -0.15) is 18.2 Å². The fourth-order valence-corrected chi connectivity index (χ4v) is 2.16. The van der Waals surface area contributed by atoms with Crippen LogP contribution in [0.25, 0.3) is 0 Å². The van der Waals surface area contributed by atoms with Crippen molar-refractivity contribution in [3.8, 4) is 0 Å². The van der Waals surface area contributed by atoms with E-state index in [2.05, 4.69) is 19.7 Å². The van der Waals surface area contributed by atoms with Crippen molar-refractivity contribution in [1.82, 2.24) is 14.5 Å². The molecule has 0 bridgehead atoms. The smallest absolute Gasteiger partial charge is 0.300 e. The summed E-state index contributed by atoms with van der Waals surface area (Å²) >= 11 is 0. The predicted molar refractivity (Wildman–Crippen MR) is 68.1 cm³/mol. The molecule has 0 aromatic carbocycles. The van der Waals surface area contributed by atoms with E-state index in [1.54, 1.807) is 0 Å². The fourth-order valence-electron chi connectivity index (χ4n) is 1.24. The lowest BCUT2D eigenvalue weighted by Gasteiger charge is -2.10. The van der Waals surface area contributed by atoms with E-state index in [9.17, 15) is 8.42 Å². The van der Waals surface area contributed by atoms with E-state index in [0.29, 0.717) is 0 Å². The molecule has 0 saturated heterocycles. The molecule has 1 rings (SSSR count). The highest BCUT2D eigenvalue weighted by Gasteiger charge is 2.18. The van der Waals surface area contributed by atoms with Crippen molar-refractivity contribution in [1.29, 1.82) is 0 Å². The zero-order valence-electron chi connectivity index (χ0n) is 10.5. The summed E-state index contributed by atoms with van der Waals surface area (Å²) in [7, 11) is -0.824. The van der Waals surface area contributed by atoms with Crippen molar-refractivity contribution in [3.05, 3.63) is 11.8 Å². The third-order valence-corrected chi connectivity index (χ3v) is 3.20. The number of nitrogens with one attached hydrogen (secondary N) is 2. The normalized spacial score (nSPS) is 12.6. The Hall–Kier alpha value is -1.85. The molecule has 11 heteroatoms. The number of anilines is 1. The van der Waals surface area contributed by atoms with Crippen molar-refractivity contribution < 1.29 is 18.4 Å². The van der Waals surface area contributed by atoms with E-state index >= 15 is 0 Å². The molecule has 108 valence electrons. The highest BCUT2D eigenvalue weighted by Crippen LogP contribution is 2.14. The first-order valence-corrected chi connectivity index (χ1v) is 6.66. The Morgan fingerprint density at radius 3 is 2.95 bits per heavy atom. The molecule has 0 unspecified atom stereocenters. The first-order chi connectivity index (χ1) is 8.91. The molecule has 19 heavy (non-hydrogen) atoms. The highest BCUT2D eigenvalue weighted by molar-refractivity contribution is 7.90. The number of aromatic nitrogens is 2. The van der Waals surface area contributed by atoms with Crippen LogP contribution in [0.5, 0.6) is 0 Å². The molecule has 0 atom stereocenters. The lowest BCUT2D eigenvalue weighted by molar-refractivity contribution is 0.204. The van der Waals surface area contributed by atoms with Gasteiger partial charge in [-0.1, -0.05) is 5.16 Å². The molecule has 0 radical (unpaired) electrons. The summed E-state index contributed by atoms with van der Waals surface area (Å²) < 4.78 is 33.9. The first kappa shape index (κ1) is 15.2. The quantitative estimate of drug-likeness (QED) is 0.157. The molecule has 0 aliphatic carbocycles. The molecule has 10 nitrogen and oxygen atoms in total. The number of hydrogen-bond acceptors (Lipinski definition) is 6. The van der Waals surface area contributed by atoms with Crippen LogP contribution in [0.2, 0.25) is 0 Å². The van der Waals surface area contributed by atoms with E-state index in [-0.39, 0.29) is 30.4 Å². The monoisotopic (exact) mass is 292 g/mol. The summed E-state index contributed by atoms with van der Waals surface area (Å²) in [5.41, 5.74) is 5.59. The minimum Gasteiger partial charge on any atom is -0.409 e. The third kappa shape index (κ3) is 4.08. The predicted octanol–water partition coefficient (Wildman–Crippen LogP) is -1.59. The van der Waals surface area contributed by atoms with Gasteiger partial charge in [0.1, 0.15) is 5.82 Å². The summed E-state index contributed by atoms with van der Waals surface area (Å²) in [6, 6.07) is 0. The Morgan fingerprint density at radius 2 is 2.37 bits per heavy atom. The molecule has 1 aromatic heterocycles. The van der Waals surface area contributed by atoms with Gasteiger partial charge in [0.15, 0.2) is 5.84 Å². The van der Waals surface area contributed by atoms with Gasteiger partial charge in [0, 0.05) is 20.7 Å². The summed E-state index contributed by atoms with van der Waals surface area (Å²) in [5, 5.41) is 15.2. The number of methoxy groups -OCH3 is 1. The number of aryl methyl sites for hydroxylation is 1. The molecule has 0 fully saturated rings. The van der Waals surface area contributed by atoms with Crippen LogP contribution in [0.3, 0.4) is 0 Å². The van der Waals surface area contributed by atoms with Crippen LogP contribution in [0.15, 0.2) is 11.4 Å². The van der Waals surface area contributed by atoms with Gasteiger partial charge in [-0.3, -0.25) is 9.40 Å². The summed E-state index contributed by atoms with van der Waals surface area (Å²) in [4.78, 5) is 0. The first-order valence-electron chi connectivity index (χ1n) is 5.17. The largest absolute Gasteiger partial charge is 0.409 e. The van der Waals surface area contributed by atoms with E-state index < -0.39 is 10.2 Å². The second-order valence-electron chi connectivity index (χ2n) is 3.51. The number of nitrogens with zero attached hydrogens (tertiary/aromatic N) is 3. The molecule has 0 aliphatic rings. The Labute approximate surface area is 110 Å². The van der Waals surface area contributed by atoms with Gasteiger partial charge in [-0.25, -0.2) is 0 Å². The van der Waals surface area contributed by atoms with Crippen LogP contribution < -0.4 is 15.2 Å². The second kappa shape index (κ2) is 6.36. The Morgan fingerprint density at radius 1 is 1.68 bits per heavy atom. The number of ether oxygens (including phenoxy) is 1. The Balaban J connectivity index is 2.90. The number of amidine groups is 1. The number of oxime groups is 1. The number of nitrogens with two attached hydrogens (primary N) is 1. The zero-order valence-corrected chi connectivity index (χ0v) is 11.3. The molecule has 1 aromatic rings. The zero-order chi connectivity index (χ0) is 14.5. The van der Waals surface area contributed by atoms with Gasteiger partial charge in [-0.15, -0.1) is 0 Å². The average molecular weight is 292 g/mol. The van der Waals surface area contributed by atoms with Crippen molar-refractivity contribution in [2.24, 2.45) is 17.9 Å². The topological polar surface area (TPSA) is 144 Å². The maximum atomic E-state index is 11.7. The van der Waals surface area contributed by atoms with Gasteiger partial charge >= 0.3 is 0 Å². The van der Waals surface area contributed by atoms with Crippen LogP contribution in [0.4, 0.5) is 5.82 Å². The van der Waals surface area contributed by atoms with Crippen LogP contribution in [-0.4, -0.2) is 49.5 Å². The lowest BCUT2D eigenvalue weighted by atomic mass is 10.3. The molecule has 1 heterocycles. The maximum absolute atomic E-state index is 11.7. The van der Waals surface area contributed by atoms with E-state index in [4.69, 9.17) is 15.7 Å². The number of rotatable bonds is 7. The van der Waals surface area contributed by atoms with Crippen LogP contribution >= 0.6 is 0 Å². The second-order valence-corrected chi connectivity index (χ2v) is 5.01. The molecule has 0 spiro atoms. The van der Waals surface area contributed by atoms with E-state index in [1.165, 1.54) is 25.0 Å². The fraction of sp³-hybridized carbons (Fsp3) is 0.500. The number of hydrogen-bond donors (Lipinski definition) is 4. The summed E-state index contributed by atoms with van der Waals surface area (Å²) in [6.45, 7) is 0.349. The SMILES string of the molecule is COCCNS(=O)(=O)Nc1c(C(N)=NO)cnn1C. The van der Waals surface area contributed by atoms with Crippen molar-refractivity contribution in [3.63, 3.8) is 0 Å². The van der Waals surface area contributed by atoms with Crippen LogP contribution in [0.1, 0.15) is 5.56 Å². The standard InChI is InChI=1S/C8H16N6O4S/c1-14-8(6(5-10-14)7(9)12-15)13-19(16,17)11-3-4-18-2/h5,11,13,15H,3-4H2,1-2H3,(H2,9,12). The van der Waals surface area contributed by atoms with Crippen molar-refractivity contribution >= 4 is 21.9 Å². The average Bonchev–Trinajstić information content (AvgIpc) is 2.70. The van der Waals surface area contributed by atoms with Gasteiger partial charge in [-0.05, 0) is 0 Å². The van der Waals surface area contributed by atoms with Gasteiger partial charge in [0.25, 0.3) is 10.2 Å². The summed E-state index contributed by atoms with van der Waals surface area (Å²) in [5.74, 6) is -0.164. The third-order valence-electron chi connectivity index (χ3n) is 2.15. The molecule has 5 N–H and O–H groups in total. The molecule has 0 amide bonds. The van der Waals surface area contributed by atoms with Crippen LogP contribution in [0, 0.1) is 0 Å². The van der Waals surface area contributed by atoms with Gasteiger partial charge < -0.3 is 15.7 Å². The van der Waals surface area contributed by atoms with E-state index in [0.717, 1.165) is 0 Å². The molecular formula is C8H16N6O4S. The molecular weight excluding hydrogens is 276 g/mol. The Bertz CT molecular complexity index is 552. The molecule has 0 aliphatic heterocycles. The molecule has 0 saturated carbocycles. The van der Waals surface area contributed by atoms with Crippen LogP contribution in [-0.2, 0) is 22.0 Å². The minimum atomic E-state index is -3.80. The lowest BCUT2D eigenvalue weighted by Crippen LogP contribution is -2.34. The van der Waals surface area contributed by atoms with Crippen molar-refractivity contribution in [2.45, 2.75) is 0 Å². The van der Waals surface area contributed by atoms with Gasteiger partial charge in [0.05, 0.1) is 18.4 Å². The van der Waals surface area contributed by atoms with Gasteiger partial charge in [0.2, 0.25) is 0 Å². The maximum Gasteiger partial charge on any atom is 0.300 e. The highest BCUT2D eigenvalue weighted by atomic mass is 32.2.